The van der Waals surface area contributed by atoms with E-state index in [9.17, 15) is 9.59 Å². The van der Waals surface area contributed by atoms with Gasteiger partial charge in [0.2, 0.25) is 11.8 Å². The maximum Gasteiger partial charge on any atom is 0.242 e. The highest BCUT2D eigenvalue weighted by Crippen LogP contribution is 2.10. The van der Waals surface area contributed by atoms with Crippen LogP contribution >= 0.6 is 0 Å². The second kappa shape index (κ2) is 12.5. The molecule has 0 aromatic heterocycles. The van der Waals surface area contributed by atoms with E-state index in [1.807, 2.05) is 60.7 Å². The summed E-state index contributed by atoms with van der Waals surface area (Å²) in [6.07, 6.45) is 4.68. The number of carbonyl (C=O) groups excluding carboxylic acids is 2. The first kappa shape index (κ1) is 21.5. The SMILES string of the molecule is CNC(=O)[C@H](Cc1ccccc1)NC(=O)CCCCCCOc1ccccc1. The number of amides is 2. The van der Waals surface area contributed by atoms with E-state index in [2.05, 4.69) is 10.6 Å². The van der Waals surface area contributed by atoms with Crippen LogP contribution in [0.15, 0.2) is 60.7 Å². The molecule has 5 nitrogen and oxygen atoms in total. The van der Waals surface area contributed by atoms with E-state index in [0.29, 0.717) is 19.4 Å². The molecule has 1 atom stereocenters. The minimum atomic E-state index is -0.542. The average Bonchev–Trinajstić information content (AvgIpc) is 2.73. The van der Waals surface area contributed by atoms with E-state index in [4.69, 9.17) is 4.74 Å². The summed E-state index contributed by atoms with van der Waals surface area (Å²) in [4.78, 5) is 24.3. The van der Waals surface area contributed by atoms with Crippen LogP contribution in [0.1, 0.15) is 37.7 Å². The van der Waals surface area contributed by atoms with Crippen LogP contribution in [0.25, 0.3) is 0 Å². The van der Waals surface area contributed by atoms with Gasteiger partial charge in [-0.25, -0.2) is 0 Å². The van der Waals surface area contributed by atoms with Gasteiger partial charge in [-0.3, -0.25) is 9.59 Å². The summed E-state index contributed by atoms with van der Waals surface area (Å²) in [5.41, 5.74) is 1.02. The van der Waals surface area contributed by atoms with Gasteiger partial charge in [0.25, 0.3) is 0 Å². The first-order valence-corrected chi connectivity index (χ1v) is 9.92. The summed E-state index contributed by atoms with van der Waals surface area (Å²) in [5.74, 6) is 0.640. The fraction of sp³-hybridized carbons (Fsp3) is 0.391. The van der Waals surface area contributed by atoms with Crippen molar-refractivity contribution >= 4 is 11.8 Å². The maximum absolute atomic E-state index is 12.2. The van der Waals surface area contributed by atoms with E-state index >= 15 is 0 Å². The van der Waals surface area contributed by atoms with Gasteiger partial charge in [0, 0.05) is 19.9 Å². The molecule has 0 fully saturated rings. The zero-order valence-corrected chi connectivity index (χ0v) is 16.5. The first-order chi connectivity index (χ1) is 13.7. The van der Waals surface area contributed by atoms with Crippen LogP contribution in [-0.4, -0.2) is 31.5 Å². The Kier molecular flexibility index (Phi) is 9.62. The van der Waals surface area contributed by atoms with Gasteiger partial charge in [0.15, 0.2) is 0 Å². The second-order valence-corrected chi connectivity index (χ2v) is 6.75. The smallest absolute Gasteiger partial charge is 0.242 e. The molecule has 5 heteroatoms. The van der Waals surface area contributed by atoms with E-state index in [-0.39, 0.29) is 11.8 Å². The van der Waals surface area contributed by atoms with Gasteiger partial charge in [-0.15, -0.1) is 0 Å². The predicted molar refractivity (Wildman–Crippen MR) is 111 cm³/mol. The van der Waals surface area contributed by atoms with Crippen LogP contribution in [0.2, 0.25) is 0 Å². The zero-order valence-electron chi connectivity index (χ0n) is 16.5. The fourth-order valence-corrected chi connectivity index (χ4v) is 2.95. The standard InChI is InChI=1S/C23H30N2O3/c1-24-23(27)21(18-19-12-6-4-7-13-19)25-22(26)16-10-2-3-11-17-28-20-14-8-5-9-15-20/h4-9,12-15,21H,2-3,10-11,16-18H2,1H3,(H,24,27)(H,25,26)/t21-/m0/s1. The minimum absolute atomic E-state index is 0.0786. The van der Waals surface area contributed by atoms with Crippen molar-refractivity contribution < 1.29 is 14.3 Å². The van der Waals surface area contributed by atoms with Crippen molar-refractivity contribution in [3.8, 4) is 5.75 Å². The van der Waals surface area contributed by atoms with E-state index in [0.717, 1.165) is 37.0 Å². The maximum atomic E-state index is 12.2. The molecule has 0 aliphatic carbocycles. The molecule has 0 aliphatic heterocycles. The number of unbranched alkanes of at least 4 members (excludes halogenated alkanes) is 3. The molecular weight excluding hydrogens is 352 g/mol. The molecule has 2 rings (SSSR count). The van der Waals surface area contributed by atoms with E-state index < -0.39 is 6.04 Å². The van der Waals surface area contributed by atoms with Gasteiger partial charge >= 0.3 is 0 Å². The third kappa shape index (κ3) is 8.25. The number of rotatable bonds is 12. The van der Waals surface area contributed by atoms with Crippen LogP contribution in [0.5, 0.6) is 5.75 Å². The van der Waals surface area contributed by atoms with Gasteiger partial charge < -0.3 is 15.4 Å². The summed E-state index contributed by atoms with van der Waals surface area (Å²) in [6, 6.07) is 18.9. The minimum Gasteiger partial charge on any atom is -0.494 e. The Labute approximate surface area is 167 Å². The largest absolute Gasteiger partial charge is 0.494 e. The van der Waals surface area contributed by atoms with Crippen molar-refractivity contribution in [3.05, 3.63) is 66.2 Å². The van der Waals surface area contributed by atoms with Crippen molar-refractivity contribution in [2.75, 3.05) is 13.7 Å². The molecule has 0 radical (unpaired) electrons. The molecule has 0 bridgehead atoms. The van der Waals surface area contributed by atoms with E-state index in [1.54, 1.807) is 7.05 Å². The monoisotopic (exact) mass is 382 g/mol. The van der Waals surface area contributed by atoms with Crippen LogP contribution in [-0.2, 0) is 16.0 Å². The summed E-state index contributed by atoms with van der Waals surface area (Å²) >= 11 is 0. The normalized spacial score (nSPS) is 11.5. The average molecular weight is 383 g/mol. The lowest BCUT2D eigenvalue weighted by atomic mass is 10.0. The summed E-state index contributed by atoms with van der Waals surface area (Å²) in [7, 11) is 1.59. The number of carbonyl (C=O) groups is 2. The predicted octanol–water partition coefficient (Wildman–Crippen LogP) is 3.49. The molecule has 0 heterocycles. The number of likely N-dealkylation sites (N-methyl/N-ethyl adjacent to an activating group) is 1. The van der Waals surface area contributed by atoms with Gasteiger partial charge in [0.05, 0.1) is 6.61 Å². The number of ether oxygens (including phenoxy) is 1. The summed E-state index contributed by atoms with van der Waals surface area (Å²) in [6.45, 7) is 0.687. The Hall–Kier alpha value is -2.82. The Morgan fingerprint density at radius 3 is 2.21 bits per heavy atom. The second-order valence-electron chi connectivity index (χ2n) is 6.75. The lowest BCUT2D eigenvalue weighted by Crippen LogP contribution is -2.47. The first-order valence-electron chi connectivity index (χ1n) is 9.92. The van der Waals surface area contributed by atoms with Crippen molar-refractivity contribution in [3.63, 3.8) is 0 Å². The van der Waals surface area contributed by atoms with Crippen molar-refractivity contribution in [2.24, 2.45) is 0 Å². The zero-order chi connectivity index (χ0) is 20.0. The molecule has 0 spiro atoms. The van der Waals surface area contributed by atoms with Gasteiger partial charge in [-0.2, -0.15) is 0 Å². The molecule has 2 N–H and O–H groups in total. The molecule has 2 aromatic carbocycles. The molecule has 0 saturated carbocycles. The van der Waals surface area contributed by atoms with Gasteiger partial charge in [-0.1, -0.05) is 61.4 Å². The number of hydrogen-bond acceptors (Lipinski definition) is 3. The van der Waals surface area contributed by atoms with Crippen molar-refractivity contribution in [1.29, 1.82) is 0 Å². The third-order valence-electron chi connectivity index (χ3n) is 4.49. The number of hydrogen-bond donors (Lipinski definition) is 2. The van der Waals surface area contributed by atoms with Crippen molar-refractivity contribution in [1.82, 2.24) is 10.6 Å². The number of nitrogens with one attached hydrogen (secondary N) is 2. The summed E-state index contributed by atoms with van der Waals surface area (Å²) in [5, 5.41) is 5.49. The Morgan fingerprint density at radius 2 is 1.54 bits per heavy atom. The fourth-order valence-electron chi connectivity index (χ4n) is 2.95. The Balaban J connectivity index is 1.62. The van der Waals surface area contributed by atoms with Crippen molar-refractivity contribution in [2.45, 2.75) is 44.6 Å². The van der Waals surface area contributed by atoms with Gasteiger partial charge in [-0.05, 0) is 30.5 Å². The highest BCUT2D eigenvalue weighted by Gasteiger charge is 2.19. The highest BCUT2D eigenvalue weighted by atomic mass is 16.5. The number of para-hydroxylation sites is 1. The Bertz CT molecular complexity index is 704. The molecule has 28 heavy (non-hydrogen) atoms. The topological polar surface area (TPSA) is 67.4 Å². The molecule has 0 aliphatic rings. The van der Waals surface area contributed by atoms with Crippen LogP contribution in [0.3, 0.4) is 0 Å². The van der Waals surface area contributed by atoms with Crippen LogP contribution in [0.4, 0.5) is 0 Å². The Morgan fingerprint density at radius 1 is 0.893 bits per heavy atom. The third-order valence-corrected chi connectivity index (χ3v) is 4.49. The molecule has 0 unspecified atom stereocenters. The molecule has 150 valence electrons. The molecule has 0 saturated heterocycles. The molecular formula is C23H30N2O3. The lowest BCUT2D eigenvalue weighted by molar-refractivity contribution is -0.128. The quantitative estimate of drug-likeness (QED) is 0.552. The lowest BCUT2D eigenvalue weighted by Gasteiger charge is -2.17. The molecule has 2 aromatic rings. The number of benzene rings is 2. The van der Waals surface area contributed by atoms with E-state index in [1.165, 1.54) is 0 Å². The van der Waals surface area contributed by atoms with Crippen LogP contribution in [0, 0.1) is 0 Å². The summed E-state index contributed by atoms with van der Waals surface area (Å²) < 4.78 is 5.66. The highest BCUT2D eigenvalue weighted by molar-refractivity contribution is 5.87. The molecule has 2 amide bonds. The van der Waals surface area contributed by atoms with Crippen LogP contribution < -0.4 is 15.4 Å². The van der Waals surface area contributed by atoms with Gasteiger partial charge in [0.1, 0.15) is 11.8 Å².